The molecule has 0 radical (unpaired) electrons. The van der Waals surface area contributed by atoms with Gasteiger partial charge in [0.1, 0.15) is 6.54 Å². The lowest BCUT2D eigenvalue weighted by molar-refractivity contribution is -0.127. The molecule has 6 nitrogen and oxygen atoms in total. The van der Waals surface area contributed by atoms with E-state index in [4.69, 9.17) is 11.6 Å². The number of nitrogens with one attached hydrogen (secondary N) is 1. The van der Waals surface area contributed by atoms with E-state index in [2.05, 4.69) is 5.32 Å². The summed E-state index contributed by atoms with van der Waals surface area (Å²) in [4.78, 5) is 37.8. The molecule has 1 aliphatic rings. The largest absolute Gasteiger partial charge is 0.351 e. The summed E-state index contributed by atoms with van der Waals surface area (Å²) in [6, 6.07) is 10.4. The summed E-state index contributed by atoms with van der Waals surface area (Å²) < 4.78 is 1.83. The summed E-state index contributed by atoms with van der Waals surface area (Å²) in [6.07, 6.45) is 3.48. The van der Waals surface area contributed by atoms with Crippen LogP contribution in [0.15, 0.2) is 47.5 Å². The summed E-state index contributed by atoms with van der Waals surface area (Å²) in [7, 11) is 1.84. The Hall–Kier alpha value is -2.51. The minimum Gasteiger partial charge on any atom is -0.351 e. The molecule has 0 unspecified atom stereocenters. The Kier molecular flexibility index (Phi) is 4.96. The van der Waals surface area contributed by atoms with Crippen LogP contribution in [0.25, 0.3) is 6.08 Å². The number of hydrogen-bond acceptors (Lipinski definition) is 4. The first kappa shape index (κ1) is 17.3. The van der Waals surface area contributed by atoms with Gasteiger partial charge in [0.15, 0.2) is 0 Å². The number of anilines is 1. The third-order valence-electron chi connectivity index (χ3n) is 3.59. The molecule has 0 spiro atoms. The number of thioether (sulfide) groups is 1. The number of aromatic nitrogens is 1. The first-order valence-corrected chi connectivity index (χ1v) is 8.56. The normalized spacial score (nSPS) is 15.9. The van der Waals surface area contributed by atoms with Gasteiger partial charge < -0.3 is 9.88 Å². The molecule has 1 saturated heterocycles. The Morgan fingerprint density at radius 1 is 1.24 bits per heavy atom. The van der Waals surface area contributed by atoms with Gasteiger partial charge in [-0.25, -0.2) is 0 Å². The number of amides is 3. The van der Waals surface area contributed by atoms with E-state index in [0.717, 1.165) is 22.4 Å². The van der Waals surface area contributed by atoms with Gasteiger partial charge in [-0.1, -0.05) is 23.7 Å². The lowest BCUT2D eigenvalue weighted by Gasteiger charge is -2.13. The van der Waals surface area contributed by atoms with Crippen molar-refractivity contribution >= 4 is 52.2 Å². The van der Waals surface area contributed by atoms with Crippen LogP contribution in [-0.4, -0.2) is 33.1 Å². The Morgan fingerprint density at radius 3 is 2.68 bits per heavy atom. The Labute approximate surface area is 153 Å². The molecule has 0 bridgehead atoms. The molecule has 3 amide bonds. The number of rotatable bonds is 4. The molecule has 1 aliphatic heterocycles. The predicted molar refractivity (Wildman–Crippen MR) is 98.2 cm³/mol. The first-order valence-electron chi connectivity index (χ1n) is 7.37. The molecular weight excluding hydrogens is 362 g/mol. The van der Waals surface area contributed by atoms with E-state index >= 15 is 0 Å². The zero-order valence-corrected chi connectivity index (χ0v) is 14.8. The highest BCUT2D eigenvalue weighted by Gasteiger charge is 2.36. The fraction of sp³-hybridized carbons (Fsp3) is 0.118. The van der Waals surface area contributed by atoms with E-state index in [1.54, 1.807) is 30.3 Å². The number of carbonyl (C=O) groups is 3. The zero-order valence-electron chi connectivity index (χ0n) is 13.2. The van der Waals surface area contributed by atoms with Crippen molar-refractivity contribution in [3.05, 3.63) is 58.2 Å². The number of aryl methyl sites for hydroxylation is 1. The Morgan fingerprint density at radius 2 is 2.00 bits per heavy atom. The third-order valence-corrected chi connectivity index (χ3v) is 4.82. The van der Waals surface area contributed by atoms with E-state index in [1.807, 2.05) is 29.9 Å². The maximum Gasteiger partial charge on any atom is 0.294 e. The van der Waals surface area contributed by atoms with Gasteiger partial charge in [-0.05, 0) is 42.1 Å². The molecule has 8 heteroatoms. The quantitative estimate of drug-likeness (QED) is 0.832. The predicted octanol–water partition coefficient (Wildman–Crippen LogP) is 3.35. The highest BCUT2D eigenvalue weighted by molar-refractivity contribution is 8.18. The van der Waals surface area contributed by atoms with Crippen molar-refractivity contribution < 1.29 is 14.4 Å². The summed E-state index contributed by atoms with van der Waals surface area (Å²) in [6.45, 7) is -0.361. The number of hydrogen-bond donors (Lipinski definition) is 1. The molecule has 2 heterocycles. The van der Waals surface area contributed by atoms with Crippen LogP contribution in [0.5, 0.6) is 0 Å². The molecular formula is C17H14ClN3O3S. The van der Waals surface area contributed by atoms with Gasteiger partial charge in [-0.15, -0.1) is 0 Å². The van der Waals surface area contributed by atoms with Crippen molar-refractivity contribution in [1.29, 1.82) is 0 Å². The average molecular weight is 376 g/mol. The second-order valence-electron chi connectivity index (χ2n) is 5.34. The summed E-state index contributed by atoms with van der Waals surface area (Å²) >= 11 is 6.80. The van der Waals surface area contributed by atoms with Gasteiger partial charge in [0.25, 0.3) is 11.1 Å². The van der Waals surface area contributed by atoms with Gasteiger partial charge >= 0.3 is 0 Å². The van der Waals surface area contributed by atoms with Gasteiger partial charge in [0.2, 0.25) is 5.91 Å². The van der Waals surface area contributed by atoms with Crippen molar-refractivity contribution in [1.82, 2.24) is 9.47 Å². The third kappa shape index (κ3) is 3.78. The molecule has 0 atom stereocenters. The molecule has 128 valence electrons. The van der Waals surface area contributed by atoms with Gasteiger partial charge in [-0.3, -0.25) is 19.3 Å². The fourth-order valence-electron chi connectivity index (χ4n) is 2.29. The monoisotopic (exact) mass is 375 g/mol. The van der Waals surface area contributed by atoms with Crippen LogP contribution in [-0.2, 0) is 16.6 Å². The highest BCUT2D eigenvalue weighted by Crippen LogP contribution is 2.32. The number of nitrogens with zero attached hydrogens (tertiary/aromatic N) is 2. The van der Waals surface area contributed by atoms with Crippen LogP contribution < -0.4 is 5.32 Å². The molecule has 0 saturated carbocycles. The van der Waals surface area contributed by atoms with Crippen molar-refractivity contribution in [2.75, 3.05) is 11.9 Å². The second-order valence-corrected chi connectivity index (χ2v) is 6.74. The topological polar surface area (TPSA) is 71.4 Å². The number of imide groups is 1. The van der Waals surface area contributed by atoms with E-state index in [0.29, 0.717) is 10.7 Å². The molecule has 2 aromatic rings. The maximum atomic E-state index is 12.4. The number of carbonyl (C=O) groups excluding carboxylic acids is 3. The fourth-order valence-corrected chi connectivity index (χ4v) is 3.30. The zero-order chi connectivity index (χ0) is 18.0. The van der Waals surface area contributed by atoms with Crippen LogP contribution in [0.1, 0.15) is 5.69 Å². The SMILES string of the molecule is Cn1cccc1C=C1SC(=O)N(CC(=O)Nc2ccccc2Cl)C1=O. The van der Waals surface area contributed by atoms with Crippen LogP contribution in [0.3, 0.4) is 0 Å². The molecule has 1 aromatic heterocycles. The van der Waals surface area contributed by atoms with Crippen LogP contribution in [0.2, 0.25) is 5.02 Å². The van der Waals surface area contributed by atoms with Crippen molar-refractivity contribution in [2.45, 2.75) is 0 Å². The van der Waals surface area contributed by atoms with Gasteiger partial charge in [0, 0.05) is 18.9 Å². The van der Waals surface area contributed by atoms with E-state index in [-0.39, 0.29) is 11.4 Å². The highest BCUT2D eigenvalue weighted by atomic mass is 35.5. The van der Waals surface area contributed by atoms with Gasteiger partial charge in [0.05, 0.1) is 15.6 Å². The van der Waals surface area contributed by atoms with Crippen LogP contribution in [0.4, 0.5) is 10.5 Å². The number of halogens is 1. The molecule has 25 heavy (non-hydrogen) atoms. The minimum absolute atomic E-state index is 0.289. The van der Waals surface area contributed by atoms with E-state index in [9.17, 15) is 14.4 Å². The summed E-state index contributed by atoms with van der Waals surface area (Å²) in [5, 5.41) is 2.51. The molecule has 1 fully saturated rings. The van der Waals surface area contributed by atoms with Crippen molar-refractivity contribution in [3.8, 4) is 0 Å². The lowest BCUT2D eigenvalue weighted by Crippen LogP contribution is -2.36. The summed E-state index contributed by atoms with van der Waals surface area (Å²) in [5.74, 6) is -0.971. The van der Waals surface area contributed by atoms with Gasteiger partial charge in [-0.2, -0.15) is 0 Å². The van der Waals surface area contributed by atoms with Crippen LogP contribution >= 0.6 is 23.4 Å². The van der Waals surface area contributed by atoms with Crippen molar-refractivity contribution in [3.63, 3.8) is 0 Å². The van der Waals surface area contributed by atoms with Crippen LogP contribution in [0, 0.1) is 0 Å². The minimum atomic E-state index is -0.490. The molecule has 1 N–H and O–H groups in total. The molecule has 3 rings (SSSR count). The smallest absolute Gasteiger partial charge is 0.294 e. The number of benzene rings is 1. The second kappa shape index (κ2) is 7.16. The molecule has 1 aromatic carbocycles. The van der Waals surface area contributed by atoms with Crippen molar-refractivity contribution in [2.24, 2.45) is 7.05 Å². The average Bonchev–Trinajstić information content (AvgIpc) is 3.08. The maximum absolute atomic E-state index is 12.4. The van der Waals surface area contributed by atoms with E-state index < -0.39 is 17.1 Å². The standard InChI is InChI=1S/C17H14ClN3O3S/c1-20-8-4-5-11(20)9-14-16(23)21(17(24)25-14)10-15(22)19-13-7-3-2-6-12(13)18/h2-9H,10H2,1H3,(H,19,22). The molecule has 0 aliphatic carbocycles. The number of para-hydroxylation sites is 1. The summed E-state index contributed by atoms with van der Waals surface area (Å²) in [5.41, 5.74) is 1.23. The Bertz CT molecular complexity index is 891. The van der Waals surface area contributed by atoms with E-state index in [1.165, 1.54) is 0 Å². The first-order chi connectivity index (χ1) is 12.0. The Balaban J connectivity index is 1.71. The lowest BCUT2D eigenvalue weighted by atomic mass is 10.3.